The van der Waals surface area contributed by atoms with Gasteiger partial charge in [0.2, 0.25) is 0 Å². The van der Waals surface area contributed by atoms with Gasteiger partial charge in [0.15, 0.2) is 5.17 Å². The fourth-order valence-corrected chi connectivity index (χ4v) is 3.24. The molecule has 2 aromatic rings. The molecule has 2 aromatic carbocycles. The number of ether oxygens (including phenoxy) is 2. The largest absolute Gasteiger partial charge is 0.506 e. The number of nitrogens with zero attached hydrogens (tertiary/aromatic N) is 1. The fraction of sp³-hybridized carbons (Fsp3) is 0.158. The van der Waals surface area contributed by atoms with Gasteiger partial charge >= 0.3 is 0 Å². The van der Waals surface area contributed by atoms with Crippen molar-refractivity contribution >= 4 is 34.6 Å². The van der Waals surface area contributed by atoms with Gasteiger partial charge in [-0.2, -0.15) is 0 Å². The quantitative estimate of drug-likeness (QED) is 0.804. The first-order chi connectivity index (χ1) is 12.5. The number of hydrogen-bond donors (Lipinski definition) is 2. The third kappa shape index (κ3) is 3.83. The van der Waals surface area contributed by atoms with Gasteiger partial charge in [-0.3, -0.25) is 4.79 Å². The molecule has 1 saturated heterocycles. The Bertz CT molecular complexity index is 922. The zero-order valence-electron chi connectivity index (χ0n) is 14.6. The minimum atomic E-state index is -0.259. The Hall–Kier alpha value is -2.93. The Labute approximate surface area is 155 Å². The average molecular weight is 370 g/mol. The summed E-state index contributed by atoms with van der Waals surface area (Å²) in [4.78, 5) is 17.0. The second-order valence-corrected chi connectivity index (χ2v) is 6.61. The number of hydrogen-bond acceptors (Lipinski definition) is 6. The van der Waals surface area contributed by atoms with Crippen molar-refractivity contribution in [2.75, 3.05) is 14.2 Å². The van der Waals surface area contributed by atoms with Gasteiger partial charge in [0.05, 0.1) is 19.1 Å². The molecular weight excluding hydrogens is 352 g/mol. The number of amidine groups is 1. The Morgan fingerprint density at radius 1 is 1.15 bits per heavy atom. The summed E-state index contributed by atoms with van der Waals surface area (Å²) in [6, 6.07) is 10.5. The standard InChI is InChI=1S/C19H18N2O4S/c1-11-4-6-14(15(22)8-11)20-19-21-18(23)17(26-19)10-12-9-13(24-2)5-7-16(12)25-3/h4-10,22H,1-3H3,(H,20,21,23)/b17-10-. The van der Waals surface area contributed by atoms with E-state index in [2.05, 4.69) is 10.3 Å². The van der Waals surface area contributed by atoms with Gasteiger partial charge < -0.3 is 19.9 Å². The normalized spacial score (nSPS) is 16.8. The van der Waals surface area contributed by atoms with Crippen LogP contribution in [0.1, 0.15) is 11.1 Å². The van der Waals surface area contributed by atoms with Gasteiger partial charge in [-0.1, -0.05) is 6.07 Å². The van der Waals surface area contributed by atoms with E-state index in [4.69, 9.17) is 9.47 Å². The minimum Gasteiger partial charge on any atom is -0.506 e. The smallest absolute Gasteiger partial charge is 0.264 e. The summed E-state index contributed by atoms with van der Waals surface area (Å²) in [5.74, 6) is 1.11. The number of thioether (sulfide) groups is 1. The Balaban J connectivity index is 1.90. The number of methoxy groups -OCH3 is 2. The summed E-state index contributed by atoms with van der Waals surface area (Å²) < 4.78 is 10.6. The van der Waals surface area contributed by atoms with Crippen LogP contribution in [-0.4, -0.2) is 30.4 Å². The van der Waals surface area contributed by atoms with Crippen molar-refractivity contribution in [1.29, 1.82) is 0 Å². The van der Waals surface area contributed by atoms with Gasteiger partial charge in [0, 0.05) is 5.56 Å². The van der Waals surface area contributed by atoms with Gasteiger partial charge in [-0.05, 0) is 60.7 Å². The van der Waals surface area contributed by atoms with E-state index in [0.717, 1.165) is 11.1 Å². The number of nitrogens with one attached hydrogen (secondary N) is 1. The molecule has 2 N–H and O–H groups in total. The number of phenolic OH excluding ortho intramolecular Hbond substituents is 1. The molecule has 1 heterocycles. The van der Waals surface area contributed by atoms with Crippen molar-refractivity contribution in [3.63, 3.8) is 0 Å². The van der Waals surface area contributed by atoms with E-state index in [9.17, 15) is 9.90 Å². The molecule has 1 amide bonds. The third-order valence-electron chi connectivity index (χ3n) is 3.73. The van der Waals surface area contributed by atoms with E-state index >= 15 is 0 Å². The SMILES string of the molecule is COc1ccc(OC)c(/C=C2\SC(=Nc3ccc(C)cc3O)NC2=O)c1. The van der Waals surface area contributed by atoms with E-state index in [1.807, 2.05) is 13.0 Å². The fourth-order valence-electron chi connectivity index (χ4n) is 2.41. The maximum atomic E-state index is 12.3. The molecule has 134 valence electrons. The van der Waals surface area contributed by atoms with Crippen LogP contribution >= 0.6 is 11.8 Å². The maximum absolute atomic E-state index is 12.3. The lowest BCUT2D eigenvalue weighted by Gasteiger charge is -2.07. The van der Waals surface area contributed by atoms with Crippen LogP contribution in [0.2, 0.25) is 0 Å². The summed E-state index contributed by atoms with van der Waals surface area (Å²) in [6.45, 7) is 1.88. The van der Waals surface area contributed by atoms with E-state index in [1.54, 1.807) is 50.6 Å². The summed E-state index contributed by atoms with van der Waals surface area (Å²) in [6.07, 6.45) is 1.72. The minimum absolute atomic E-state index is 0.0687. The average Bonchev–Trinajstić information content (AvgIpc) is 2.96. The molecule has 7 heteroatoms. The van der Waals surface area contributed by atoms with Crippen LogP contribution in [0.15, 0.2) is 46.3 Å². The zero-order chi connectivity index (χ0) is 18.7. The third-order valence-corrected chi connectivity index (χ3v) is 4.64. The van der Waals surface area contributed by atoms with Gasteiger partial charge in [0.25, 0.3) is 5.91 Å². The monoisotopic (exact) mass is 370 g/mol. The summed E-state index contributed by atoms with van der Waals surface area (Å²) in [5, 5.41) is 13.1. The molecule has 6 nitrogen and oxygen atoms in total. The summed E-state index contributed by atoms with van der Waals surface area (Å²) in [7, 11) is 3.15. The van der Waals surface area contributed by atoms with E-state index in [-0.39, 0.29) is 11.7 Å². The predicted octanol–water partition coefficient (Wildman–Crippen LogP) is 3.61. The van der Waals surface area contributed by atoms with Crippen molar-refractivity contribution in [2.45, 2.75) is 6.92 Å². The summed E-state index contributed by atoms with van der Waals surface area (Å²) >= 11 is 1.20. The number of amides is 1. The summed E-state index contributed by atoms with van der Waals surface area (Å²) in [5.41, 5.74) is 2.06. The van der Waals surface area contributed by atoms with Crippen LogP contribution in [0.25, 0.3) is 6.08 Å². The van der Waals surface area contributed by atoms with Crippen molar-refractivity contribution in [1.82, 2.24) is 5.32 Å². The molecular formula is C19H18N2O4S. The van der Waals surface area contributed by atoms with Crippen molar-refractivity contribution in [3.8, 4) is 17.2 Å². The second-order valence-electron chi connectivity index (χ2n) is 5.58. The first-order valence-corrected chi connectivity index (χ1v) is 8.63. The van der Waals surface area contributed by atoms with Crippen molar-refractivity contribution in [3.05, 3.63) is 52.4 Å². The topological polar surface area (TPSA) is 80.2 Å². The van der Waals surface area contributed by atoms with Gasteiger partial charge in [-0.15, -0.1) is 0 Å². The van der Waals surface area contributed by atoms with E-state index < -0.39 is 0 Å². The molecule has 0 atom stereocenters. The molecule has 1 aliphatic rings. The lowest BCUT2D eigenvalue weighted by Crippen LogP contribution is -2.19. The molecule has 0 unspecified atom stereocenters. The molecule has 1 fully saturated rings. The number of rotatable bonds is 4. The molecule has 1 aliphatic heterocycles. The van der Waals surface area contributed by atoms with E-state index in [1.165, 1.54) is 11.8 Å². The van der Waals surface area contributed by atoms with Crippen LogP contribution in [0.4, 0.5) is 5.69 Å². The lowest BCUT2D eigenvalue weighted by atomic mass is 10.1. The van der Waals surface area contributed by atoms with Crippen molar-refractivity contribution in [2.24, 2.45) is 4.99 Å². The first kappa shape index (κ1) is 17.9. The van der Waals surface area contributed by atoms with Crippen LogP contribution in [0.3, 0.4) is 0 Å². The van der Waals surface area contributed by atoms with Crippen LogP contribution in [-0.2, 0) is 4.79 Å². The Kier molecular flexibility index (Phi) is 5.18. The van der Waals surface area contributed by atoms with Crippen molar-refractivity contribution < 1.29 is 19.4 Å². The molecule has 0 spiro atoms. The van der Waals surface area contributed by atoms with Crippen LogP contribution in [0, 0.1) is 6.92 Å². The first-order valence-electron chi connectivity index (χ1n) is 7.81. The second kappa shape index (κ2) is 7.53. The number of carbonyl (C=O) groups is 1. The number of carbonyl (C=O) groups excluding carboxylic acids is 1. The molecule has 26 heavy (non-hydrogen) atoms. The van der Waals surface area contributed by atoms with Gasteiger partial charge in [0.1, 0.15) is 22.9 Å². The predicted molar refractivity (Wildman–Crippen MR) is 103 cm³/mol. The molecule has 0 bridgehead atoms. The highest BCUT2D eigenvalue weighted by molar-refractivity contribution is 8.18. The molecule has 3 rings (SSSR count). The van der Waals surface area contributed by atoms with E-state index in [0.29, 0.717) is 27.3 Å². The maximum Gasteiger partial charge on any atom is 0.264 e. The number of aryl methyl sites for hydroxylation is 1. The number of aromatic hydroxyl groups is 1. The highest BCUT2D eigenvalue weighted by Crippen LogP contribution is 2.34. The number of aliphatic imine (C=N–C) groups is 1. The lowest BCUT2D eigenvalue weighted by molar-refractivity contribution is -0.115. The zero-order valence-corrected chi connectivity index (χ0v) is 15.4. The molecule has 0 saturated carbocycles. The van der Waals surface area contributed by atoms with Crippen LogP contribution in [0.5, 0.6) is 17.2 Å². The molecule has 0 aromatic heterocycles. The highest BCUT2D eigenvalue weighted by atomic mass is 32.2. The Morgan fingerprint density at radius 2 is 1.96 bits per heavy atom. The van der Waals surface area contributed by atoms with Crippen LogP contribution < -0.4 is 14.8 Å². The number of benzene rings is 2. The molecule has 0 radical (unpaired) electrons. The highest BCUT2D eigenvalue weighted by Gasteiger charge is 2.24. The Morgan fingerprint density at radius 3 is 2.65 bits per heavy atom. The van der Waals surface area contributed by atoms with Gasteiger partial charge in [-0.25, -0.2) is 4.99 Å². The molecule has 0 aliphatic carbocycles. The number of phenols is 1.